The highest BCUT2D eigenvalue weighted by Crippen LogP contribution is 2.23. The van der Waals surface area contributed by atoms with E-state index in [2.05, 4.69) is 15.6 Å². The Balaban J connectivity index is 1.60. The van der Waals surface area contributed by atoms with Crippen molar-refractivity contribution in [1.82, 2.24) is 20.2 Å². The number of hydrogen-bond donors (Lipinski definition) is 3. The summed E-state index contributed by atoms with van der Waals surface area (Å²) in [5, 5.41) is 15.9. The molecule has 8 heteroatoms. The molecule has 2 atom stereocenters. The van der Waals surface area contributed by atoms with Gasteiger partial charge in [-0.05, 0) is 50.4 Å². The van der Waals surface area contributed by atoms with Crippen molar-refractivity contribution in [2.75, 3.05) is 31.1 Å². The molecule has 0 radical (unpaired) electrons. The van der Waals surface area contributed by atoms with Crippen LogP contribution in [0, 0.1) is 0 Å². The number of nitrogens with one attached hydrogen (secondary N) is 2. The highest BCUT2D eigenvalue weighted by molar-refractivity contribution is 5.98. The molecule has 1 aromatic heterocycles. The first-order chi connectivity index (χ1) is 14.2. The summed E-state index contributed by atoms with van der Waals surface area (Å²) < 4.78 is 1.40. The first-order valence-corrected chi connectivity index (χ1v) is 10.3. The first-order valence-electron chi connectivity index (χ1n) is 10.3. The molecule has 1 aromatic carbocycles. The smallest absolute Gasteiger partial charge is 0.354 e. The van der Waals surface area contributed by atoms with Gasteiger partial charge in [0.05, 0.1) is 23.9 Å². The molecule has 2 aliphatic heterocycles. The fraction of sp³-hybridized carbons (Fsp3) is 0.476. The summed E-state index contributed by atoms with van der Waals surface area (Å²) in [6.07, 6.45) is 5.49. The minimum atomic E-state index is -0.439. The summed E-state index contributed by atoms with van der Waals surface area (Å²) in [5.41, 5.74) is 0.521. The molecule has 2 fully saturated rings. The number of aliphatic hydroxyl groups is 1. The number of amides is 1. The van der Waals surface area contributed by atoms with Crippen LogP contribution < -0.4 is 21.2 Å². The van der Waals surface area contributed by atoms with Crippen LogP contribution in [0.2, 0.25) is 0 Å². The largest absolute Gasteiger partial charge is 0.394 e. The number of para-hydroxylation sites is 1. The minimum Gasteiger partial charge on any atom is -0.394 e. The molecule has 2 aromatic rings. The van der Waals surface area contributed by atoms with Crippen molar-refractivity contribution in [2.24, 2.45) is 0 Å². The Hall–Kier alpha value is -2.71. The standard InChI is InChI=1S/C21H27N5O3/c27-14-16-6-4-11-25(16)19-9-12-26(21(29)24-19)18-8-2-1-7-17(18)20(28)23-15-5-3-10-22-13-15/h1-2,7-9,12,15-16,22,27H,3-6,10-11,13-14H2,(H,23,28)/t15-,16-/m1/s1. The predicted octanol–water partition coefficient (Wildman–Crippen LogP) is 0.675. The summed E-state index contributed by atoms with van der Waals surface area (Å²) in [4.78, 5) is 31.8. The number of nitrogens with zero attached hydrogens (tertiary/aromatic N) is 3. The van der Waals surface area contributed by atoms with Crippen LogP contribution >= 0.6 is 0 Å². The van der Waals surface area contributed by atoms with E-state index in [1.54, 1.807) is 36.5 Å². The fourth-order valence-electron chi connectivity index (χ4n) is 4.18. The number of hydrogen-bond acceptors (Lipinski definition) is 6. The van der Waals surface area contributed by atoms with Gasteiger partial charge in [0.2, 0.25) is 0 Å². The van der Waals surface area contributed by atoms with Gasteiger partial charge in [0.1, 0.15) is 5.82 Å². The van der Waals surface area contributed by atoms with Crippen LogP contribution in [0.3, 0.4) is 0 Å². The average molecular weight is 397 g/mol. The summed E-state index contributed by atoms with van der Waals surface area (Å²) in [5.74, 6) is 0.378. The van der Waals surface area contributed by atoms with Crippen molar-refractivity contribution in [1.29, 1.82) is 0 Å². The summed E-state index contributed by atoms with van der Waals surface area (Å²) >= 11 is 0. The van der Waals surface area contributed by atoms with Gasteiger partial charge < -0.3 is 20.6 Å². The van der Waals surface area contributed by atoms with Gasteiger partial charge in [-0.15, -0.1) is 0 Å². The molecule has 0 bridgehead atoms. The molecule has 29 heavy (non-hydrogen) atoms. The minimum absolute atomic E-state index is 0.0000771. The Morgan fingerprint density at radius 2 is 2.10 bits per heavy atom. The second kappa shape index (κ2) is 8.75. The van der Waals surface area contributed by atoms with Gasteiger partial charge >= 0.3 is 5.69 Å². The van der Waals surface area contributed by atoms with E-state index in [1.165, 1.54) is 4.57 Å². The monoisotopic (exact) mass is 397 g/mol. The van der Waals surface area contributed by atoms with Crippen molar-refractivity contribution in [2.45, 2.75) is 37.8 Å². The predicted molar refractivity (Wildman–Crippen MR) is 111 cm³/mol. The van der Waals surface area contributed by atoms with Crippen LogP contribution in [-0.4, -0.2) is 58.9 Å². The molecule has 0 unspecified atom stereocenters. The zero-order valence-electron chi connectivity index (χ0n) is 16.4. The molecule has 1 amide bonds. The summed E-state index contributed by atoms with van der Waals surface area (Å²) in [6.45, 7) is 2.55. The van der Waals surface area contributed by atoms with Gasteiger partial charge in [0.25, 0.3) is 5.91 Å². The fourth-order valence-corrected chi connectivity index (χ4v) is 4.18. The lowest BCUT2D eigenvalue weighted by molar-refractivity contribution is 0.0930. The molecule has 2 saturated heterocycles. The van der Waals surface area contributed by atoms with Crippen molar-refractivity contribution in [3.63, 3.8) is 0 Å². The number of carbonyl (C=O) groups is 1. The maximum absolute atomic E-state index is 12.9. The molecule has 3 heterocycles. The average Bonchev–Trinajstić information content (AvgIpc) is 3.23. The van der Waals surface area contributed by atoms with E-state index < -0.39 is 5.69 Å². The molecule has 154 valence electrons. The molecule has 0 spiro atoms. The van der Waals surface area contributed by atoms with Crippen LogP contribution in [0.1, 0.15) is 36.0 Å². The van der Waals surface area contributed by atoms with Crippen LogP contribution in [0.5, 0.6) is 0 Å². The molecular weight excluding hydrogens is 370 g/mol. The Bertz CT molecular complexity index is 923. The topological polar surface area (TPSA) is 99.5 Å². The molecule has 8 nitrogen and oxygen atoms in total. The van der Waals surface area contributed by atoms with E-state index in [0.717, 1.165) is 45.3 Å². The molecular formula is C21H27N5O3. The highest BCUT2D eigenvalue weighted by atomic mass is 16.3. The lowest BCUT2D eigenvalue weighted by Crippen LogP contribution is -2.45. The van der Waals surface area contributed by atoms with Crippen LogP contribution in [-0.2, 0) is 0 Å². The summed E-state index contributed by atoms with van der Waals surface area (Å²) in [6, 6.07) is 8.94. The first kappa shape index (κ1) is 19.6. The Labute approximate surface area is 169 Å². The van der Waals surface area contributed by atoms with Crippen LogP contribution in [0.4, 0.5) is 5.82 Å². The third-order valence-corrected chi connectivity index (χ3v) is 5.71. The van der Waals surface area contributed by atoms with Crippen molar-refractivity contribution >= 4 is 11.7 Å². The lowest BCUT2D eigenvalue weighted by Gasteiger charge is -2.25. The Morgan fingerprint density at radius 1 is 1.24 bits per heavy atom. The SMILES string of the molecule is O=C(N[C@@H]1CCCNC1)c1ccccc1-n1ccc(N2CCC[C@@H]2CO)nc1=O. The Morgan fingerprint density at radius 3 is 2.86 bits per heavy atom. The van der Waals surface area contributed by atoms with Gasteiger partial charge in [-0.1, -0.05) is 12.1 Å². The van der Waals surface area contributed by atoms with Crippen molar-refractivity contribution < 1.29 is 9.90 Å². The number of anilines is 1. The maximum Gasteiger partial charge on any atom is 0.354 e. The quantitative estimate of drug-likeness (QED) is 0.686. The van der Waals surface area contributed by atoms with Gasteiger partial charge in [-0.2, -0.15) is 4.98 Å². The van der Waals surface area contributed by atoms with Crippen LogP contribution in [0.15, 0.2) is 41.3 Å². The maximum atomic E-state index is 12.9. The second-order valence-electron chi connectivity index (χ2n) is 7.64. The number of aliphatic hydroxyl groups excluding tert-OH is 1. The second-order valence-corrected chi connectivity index (χ2v) is 7.64. The summed E-state index contributed by atoms with van der Waals surface area (Å²) in [7, 11) is 0. The third-order valence-electron chi connectivity index (χ3n) is 5.71. The number of carbonyl (C=O) groups excluding carboxylic acids is 1. The zero-order valence-corrected chi connectivity index (χ0v) is 16.4. The van der Waals surface area contributed by atoms with Gasteiger partial charge in [0.15, 0.2) is 0 Å². The van der Waals surface area contributed by atoms with E-state index in [1.807, 2.05) is 4.90 Å². The van der Waals surface area contributed by atoms with E-state index in [0.29, 0.717) is 17.1 Å². The normalized spacial score (nSPS) is 21.9. The van der Waals surface area contributed by atoms with E-state index in [4.69, 9.17) is 0 Å². The van der Waals surface area contributed by atoms with E-state index >= 15 is 0 Å². The molecule has 0 aliphatic carbocycles. The molecule has 0 saturated carbocycles. The third kappa shape index (κ3) is 4.18. The number of piperidine rings is 1. The number of rotatable bonds is 5. The highest BCUT2D eigenvalue weighted by Gasteiger charge is 2.25. The zero-order chi connectivity index (χ0) is 20.2. The molecule has 4 rings (SSSR count). The van der Waals surface area contributed by atoms with Crippen LogP contribution in [0.25, 0.3) is 5.69 Å². The van der Waals surface area contributed by atoms with E-state index in [9.17, 15) is 14.7 Å². The lowest BCUT2D eigenvalue weighted by atomic mass is 10.1. The number of aromatic nitrogens is 2. The number of benzene rings is 1. The van der Waals surface area contributed by atoms with Gasteiger partial charge in [-0.3, -0.25) is 9.36 Å². The Kier molecular flexibility index (Phi) is 5.92. The van der Waals surface area contributed by atoms with Crippen molar-refractivity contribution in [3.05, 3.63) is 52.6 Å². The van der Waals surface area contributed by atoms with Gasteiger partial charge in [-0.25, -0.2) is 4.79 Å². The van der Waals surface area contributed by atoms with Gasteiger partial charge in [0, 0.05) is 25.3 Å². The molecule has 3 N–H and O–H groups in total. The molecule has 2 aliphatic rings. The van der Waals surface area contributed by atoms with Crippen molar-refractivity contribution in [3.8, 4) is 5.69 Å². The van der Waals surface area contributed by atoms with E-state index in [-0.39, 0.29) is 24.6 Å².